The third-order valence-electron chi connectivity index (χ3n) is 4.49. The minimum atomic E-state index is 0.160. The van der Waals surface area contributed by atoms with E-state index in [9.17, 15) is 5.11 Å². The summed E-state index contributed by atoms with van der Waals surface area (Å²) in [5, 5.41) is 9.25. The average molecular weight is 359 g/mol. The number of allylic oxidation sites excluding steroid dienone is 9. The molecule has 0 spiro atoms. The quantitative estimate of drug-likeness (QED) is 0.354. The summed E-state index contributed by atoms with van der Waals surface area (Å²) in [7, 11) is 0. The van der Waals surface area contributed by atoms with Gasteiger partial charge in [0.1, 0.15) is 0 Å². The molecule has 1 nitrogen and oxygen atoms in total. The van der Waals surface area contributed by atoms with Gasteiger partial charge in [-0.25, -0.2) is 0 Å². The molecule has 0 saturated heterocycles. The highest BCUT2D eigenvalue weighted by molar-refractivity contribution is 5.10. The Morgan fingerprint density at radius 2 is 1.12 bits per heavy atom. The van der Waals surface area contributed by atoms with Gasteiger partial charge in [-0.15, -0.1) is 0 Å². The van der Waals surface area contributed by atoms with Crippen LogP contribution in [0.1, 0.15) is 87.0 Å². The molecule has 0 aliphatic rings. The molecule has 1 unspecified atom stereocenters. The SMILES string of the molecule is CC(C)=CCC/C(C)=C/CC(/C=C(\C)CCC=C(C)C)C/C=C(\C)CO. The molecule has 0 aromatic heterocycles. The molecule has 0 amide bonds. The lowest BCUT2D eigenvalue weighted by Crippen LogP contribution is -1.97. The zero-order valence-corrected chi connectivity index (χ0v) is 18.4. The van der Waals surface area contributed by atoms with E-state index in [-0.39, 0.29) is 6.61 Å². The van der Waals surface area contributed by atoms with E-state index in [0.29, 0.717) is 5.92 Å². The van der Waals surface area contributed by atoms with E-state index in [2.05, 4.69) is 71.9 Å². The molecule has 1 heteroatoms. The summed E-state index contributed by atoms with van der Waals surface area (Å²) in [6, 6.07) is 0. The van der Waals surface area contributed by atoms with Crippen LogP contribution >= 0.6 is 0 Å². The van der Waals surface area contributed by atoms with Gasteiger partial charge in [-0.1, -0.05) is 58.2 Å². The molecule has 1 atom stereocenters. The van der Waals surface area contributed by atoms with Crippen molar-refractivity contribution in [2.45, 2.75) is 87.0 Å². The topological polar surface area (TPSA) is 20.2 Å². The third-order valence-corrected chi connectivity index (χ3v) is 4.49. The molecule has 148 valence electrons. The highest BCUT2D eigenvalue weighted by Gasteiger charge is 2.04. The molecular formula is C25H42O. The average Bonchev–Trinajstić information content (AvgIpc) is 2.56. The van der Waals surface area contributed by atoms with E-state index in [1.807, 2.05) is 6.92 Å². The van der Waals surface area contributed by atoms with Crippen LogP contribution in [0, 0.1) is 5.92 Å². The monoisotopic (exact) mass is 358 g/mol. The molecule has 1 N–H and O–H groups in total. The molecule has 0 aromatic carbocycles. The van der Waals surface area contributed by atoms with Gasteiger partial charge in [0, 0.05) is 0 Å². The maximum Gasteiger partial charge on any atom is 0.0639 e. The highest BCUT2D eigenvalue weighted by atomic mass is 16.3. The van der Waals surface area contributed by atoms with Crippen molar-refractivity contribution in [3.63, 3.8) is 0 Å². The van der Waals surface area contributed by atoms with Crippen LogP contribution in [0.3, 0.4) is 0 Å². The van der Waals surface area contributed by atoms with Crippen LogP contribution in [-0.2, 0) is 0 Å². The van der Waals surface area contributed by atoms with Gasteiger partial charge in [-0.2, -0.15) is 0 Å². The number of aliphatic hydroxyl groups is 1. The fourth-order valence-electron chi connectivity index (χ4n) is 2.77. The van der Waals surface area contributed by atoms with Gasteiger partial charge in [0.25, 0.3) is 0 Å². The fourth-order valence-corrected chi connectivity index (χ4v) is 2.77. The van der Waals surface area contributed by atoms with Gasteiger partial charge in [0.15, 0.2) is 0 Å². The second kappa shape index (κ2) is 14.8. The minimum absolute atomic E-state index is 0.160. The molecule has 0 aliphatic carbocycles. The molecule has 0 fully saturated rings. The molecule has 0 bridgehead atoms. The Labute approximate surface area is 163 Å². The maximum atomic E-state index is 9.25. The van der Waals surface area contributed by atoms with E-state index in [1.165, 1.54) is 22.3 Å². The Morgan fingerprint density at radius 1 is 0.654 bits per heavy atom. The molecule has 0 saturated carbocycles. The largest absolute Gasteiger partial charge is 0.392 e. The lowest BCUT2D eigenvalue weighted by atomic mass is 9.94. The van der Waals surface area contributed by atoms with Crippen molar-refractivity contribution in [1.29, 1.82) is 0 Å². The lowest BCUT2D eigenvalue weighted by Gasteiger charge is -2.12. The smallest absolute Gasteiger partial charge is 0.0639 e. The molecule has 0 radical (unpaired) electrons. The third kappa shape index (κ3) is 15.0. The zero-order chi connectivity index (χ0) is 19.9. The molecule has 0 aromatic rings. The van der Waals surface area contributed by atoms with E-state index < -0.39 is 0 Å². The minimum Gasteiger partial charge on any atom is -0.392 e. The fraction of sp³-hybridized carbons (Fsp3) is 0.600. The molecule has 0 aliphatic heterocycles. The number of rotatable bonds is 12. The van der Waals surface area contributed by atoms with E-state index in [4.69, 9.17) is 0 Å². The maximum absolute atomic E-state index is 9.25. The number of aliphatic hydroxyl groups excluding tert-OH is 1. The van der Waals surface area contributed by atoms with Crippen molar-refractivity contribution in [3.05, 3.63) is 58.2 Å². The van der Waals surface area contributed by atoms with Crippen LogP contribution in [0.15, 0.2) is 58.2 Å². The van der Waals surface area contributed by atoms with Gasteiger partial charge in [0.2, 0.25) is 0 Å². The second-order valence-corrected chi connectivity index (χ2v) is 8.14. The molecule has 26 heavy (non-hydrogen) atoms. The van der Waals surface area contributed by atoms with Crippen LogP contribution in [0.2, 0.25) is 0 Å². The van der Waals surface area contributed by atoms with Crippen molar-refractivity contribution in [1.82, 2.24) is 0 Å². The lowest BCUT2D eigenvalue weighted by molar-refractivity contribution is 0.330. The Balaban J connectivity index is 4.87. The van der Waals surface area contributed by atoms with Crippen molar-refractivity contribution < 1.29 is 5.11 Å². The summed E-state index contributed by atoms with van der Waals surface area (Å²) < 4.78 is 0. The summed E-state index contributed by atoms with van der Waals surface area (Å²) >= 11 is 0. The predicted octanol–water partition coefficient (Wildman–Crippen LogP) is 7.71. The summed E-state index contributed by atoms with van der Waals surface area (Å²) in [6.07, 6.45) is 18.3. The first-order valence-corrected chi connectivity index (χ1v) is 10.1. The normalized spacial score (nSPS) is 14.2. The van der Waals surface area contributed by atoms with Crippen LogP contribution in [0.5, 0.6) is 0 Å². The first-order chi connectivity index (χ1) is 12.2. The predicted molar refractivity (Wildman–Crippen MR) is 118 cm³/mol. The van der Waals surface area contributed by atoms with E-state index >= 15 is 0 Å². The number of hydrogen-bond acceptors (Lipinski definition) is 1. The van der Waals surface area contributed by atoms with E-state index in [1.54, 1.807) is 0 Å². The van der Waals surface area contributed by atoms with Crippen LogP contribution in [0.4, 0.5) is 0 Å². The Bertz CT molecular complexity index is 533. The van der Waals surface area contributed by atoms with Gasteiger partial charge >= 0.3 is 0 Å². The van der Waals surface area contributed by atoms with Crippen molar-refractivity contribution in [2.24, 2.45) is 5.92 Å². The number of hydrogen-bond donors (Lipinski definition) is 1. The zero-order valence-electron chi connectivity index (χ0n) is 18.4. The first-order valence-electron chi connectivity index (χ1n) is 10.1. The Hall–Kier alpha value is -1.34. The van der Waals surface area contributed by atoms with Gasteiger partial charge in [-0.05, 0) is 92.9 Å². The van der Waals surface area contributed by atoms with Crippen LogP contribution in [-0.4, -0.2) is 11.7 Å². The van der Waals surface area contributed by atoms with Gasteiger partial charge < -0.3 is 5.11 Å². The van der Waals surface area contributed by atoms with Gasteiger partial charge in [-0.3, -0.25) is 0 Å². The molecular weight excluding hydrogens is 316 g/mol. The molecule has 0 heterocycles. The second-order valence-electron chi connectivity index (χ2n) is 8.14. The van der Waals surface area contributed by atoms with Crippen LogP contribution < -0.4 is 0 Å². The summed E-state index contributed by atoms with van der Waals surface area (Å²) in [5.74, 6) is 0.515. The first kappa shape index (κ1) is 24.7. The standard InChI is InChI=1S/C25H42O/c1-20(2)10-8-12-22(5)14-16-25(17-15-24(7)19-26)18-23(6)13-9-11-21(3)4/h10-11,14-15,18,25-26H,8-9,12-13,16-17,19H2,1-7H3/b22-14+,23-18+,24-15+. The summed E-state index contributed by atoms with van der Waals surface area (Å²) in [4.78, 5) is 0. The van der Waals surface area contributed by atoms with Gasteiger partial charge in [0.05, 0.1) is 6.61 Å². The molecule has 0 rings (SSSR count). The Kier molecular flexibility index (Phi) is 14.0. The summed E-state index contributed by atoms with van der Waals surface area (Å²) in [6.45, 7) is 15.3. The summed E-state index contributed by atoms with van der Waals surface area (Å²) in [5.41, 5.74) is 6.81. The van der Waals surface area contributed by atoms with Crippen LogP contribution in [0.25, 0.3) is 0 Å². The highest BCUT2D eigenvalue weighted by Crippen LogP contribution is 2.20. The van der Waals surface area contributed by atoms with E-state index in [0.717, 1.165) is 44.1 Å². The van der Waals surface area contributed by atoms with Crippen molar-refractivity contribution >= 4 is 0 Å². The van der Waals surface area contributed by atoms with Crippen molar-refractivity contribution in [2.75, 3.05) is 6.61 Å². The Morgan fingerprint density at radius 3 is 1.58 bits per heavy atom. The van der Waals surface area contributed by atoms with Crippen molar-refractivity contribution in [3.8, 4) is 0 Å².